The third kappa shape index (κ3) is 2.44. The van der Waals surface area contributed by atoms with Crippen LogP contribution in [0, 0.1) is 34.0 Å². The van der Waals surface area contributed by atoms with Gasteiger partial charge in [-0.3, -0.25) is 4.79 Å². The highest BCUT2D eigenvalue weighted by molar-refractivity contribution is 5.99. The zero-order valence-electron chi connectivity index (χ0n) is 17.9. The first-order valence-corrected chi connectivity index (χ1v) is 10.8. The zero-order chi connectivity index (χ0) is 20.5. The second kappa shape index (κ2) is 6.40. The topological polar surface area (TPSA) is 79.1 Å². The van der Waals surface area contributed by atoms with E-state index in [9.17, 15) is 15.0 Å². The Kier molecular flexibility index (Phi) is 4.59. The van der Waals surface area contributed by atoms with E-state index in [0.29, 0.717) is 24.5 Å². The predicted molar refractivity (Wildman–Crippen MR) is 108 cm³/mol. The molecule has 0 amide bonds. The van der Waals surface area contributed by atoms with Crippen molar-refractivity contribution in [3.8, 4) is 0 Å². The summed E-state index contributed by atoms with van der Waals surface area (Å²) >= 11 is 0. The standard InChI is InChI=1S/C23H35NO4/c1-13(25)14-6-8-23(4)16-10-18(24-28-5)17-11-19(26)20(27)12-21(17,2)15(16)7-9-22(14,23)3/h10,14-15,17,19-20,26-27H,6-9,11-12H2,1-5H3/b24-18+/t14-,15?,17+,19-,20+,21-,22-,23+/m1/s1. The molecule has 0 aromatic carbocycles. The average Bonchev–Trinajstić information content (AvgIpc) is 2.89. The number of hydrogen-bond acceptors (Lipinski definition) is 5. The molecule has 0 bridgehead atoms. The van der Waals surface area contributed by atoms with E-state index in [1.165, 1.54) is 5.57 Å². The molecule has 4 aliphatic rings. The molecule has 3 saturated carbocycles. The van der Waals surface area contributed by atoms with Gasteiger partial charge in [0.15, 0.2) is 0 Å². The molecule has 0 radical (unpaired) electrons. The van der Waals surface area contributed by atoms with Crippen LogP contribution in [0.4, 0.5) is 0 Å². The van der Waals surface area contributed by atoms with Gasteiger partial charge in [-0.15, -0.1) is 0 Å². The number of aliphatic hydroxyl groups excluding tert-OH is 2. The van der Waals surface area contributed by atoms with Crippen LogP contribution in [0.3, 0.4) is 0 Å². The maximum absolute atomic E-state index is 12.4. The summed E-state index contributed by atoms with van der Waals surface area (Å²) in [5.74, 6) is 0.857. The van der Waals surface area contributed by atoms with E-state index in [2.05, 4.69) is 32.0 Å². The number of rotatable bonds is 2. The average molecular weight is 390 g/mol. The maximum Gasteiger partial charge on any atom is 0.133 e. The molecule has 0 heterocycles. The minimum atomic E-state index is -0.715. The summed E-state index contributed by atoms with van der Waals surface area (Å²) in [5.41, 5.74) is 2.05. The van der Waals surface area contributed by atoms with Gasteiger partial charge >= 0.3 is 0 Å². The number of nitrogens with zero attached hydrogens (tertiary/aromatic N) is 1. The van der Waals surface area contributed by atoms with Crippen molar-refractivity contribution < 1.29 is 19.8 Å². The third-order valence-corrected chi connectivity index (χ3v) is 9.44. The molecule has 8 atom stereocenters. The van der Waals surface area contributed by atoms with E-state index in [1.807, 2.05) is 0 Å². The highest BCUT2D eigenvalue weighted by atomic mass is 16.6. The number of Topliss-reactive ketones (excluding diaryl/α,β-unsaturated/α-hetero) is 1. The Balaban J connectivity index is 1.85. The first kappa shape index (κ1) is 20.1. The minimum absolute atomic E-state index is 0.0324. The van der Waals surface area contributed by atoms with Gasteiger partial charge in [0.1, 0.15) is 12.9 Å². The van der Waals surface area contributed by atoms with E-state index < -0.39 is 12.2 Å². The summed E-state index contributed by atoms with van der Waals surface area (Å²) in [5, 5.41) is 25.2. The smallest absolute Gasteiger partial charge is 0.133 e. The molecule has 2 N–H and O–H groups in total. The highest BCUT2D eigenvalue weighted by Gasteiger charge is 2.65. The number of ketones is 1. The van der Waals surface area contributed by atoms with Crippen molar-refractivity contribution in [1.82, 2.24) is 0 Å². The SMILES string of the molecule is CO/N=C1\C=C2C(CC[C@]3(C)[C@@H](C(C)=O)CC[C@@]23C)[C@@]2(C)C[C@H](O)[C@H](O)C[C@@H]12. The molecular formula is C23H35NO4. The molecule has 5 nitrogen and oxygen atoms in total. The predicted octanol–water partition coefficient (Wildman–Crippen LogP) is 3.49. The number of allylic oxidation sites excluding steroid dienone is 2. The largest absolute Gasteiger partial charge is 0.399 e. The summed E-state index contributed by atoms with van der Waals surface area (Å²) in [7, 11) is 1.57. The lowest BCUT2D eigenvalue weighted by Crippen LogP contribution is -2.58. The van der Waals surface area contributed by atoms with Gasteiger partial charge in [0.25, 0.3) is 0 Å². The highest BCUT2D eigenvalue weighted by Crippen LogP contribution is 2.71. The third-order valence-electron chi connectivity index (χ3n) is 9.44. The lowest BCUT2D eigenvalue weighted by molar-refractivity contribution is -0.127. The lowest BCUT2D eigenvalue weighted by Gasteiger charge is -2.61. The quantitative estimate of drug-likeness (QED) is 0.709. The van der Waals surface area contributed by atoms with Gasteiger partial charge in [0, 0.05) is 11.8 Å². The molecule has 1 unspecified atom stereocenters. The van der Waals surface area contributed by atoms with Gasteiger partial charge in [-0.1, -0.05) is 31.5 Å². The summed E-state index contributed by atoms with van der Waals surface area (Å²) in [6.07, 6.45) is 5.94. The number of hydrogen-bond donors (Lipinski definition) is 2. The molecule has 0 aromatic rings. The van der Waals surface area contributed by atoms with E-state index >= 15 is 0 Å². The van der Waals surface area contributed by atoms with Crippen LogP contribution in [0.1, 0.15) is 66.2 Å². The van der Waals surface area contributed by atoms with Gasteiger partial charge in [0.2, 0.25) is 0 Å². The monoisotopic (exact) mass is 389 g/mol. The van der Waals surface area contributed by atoms with Crippen LogP contribution in [0.5, 0.6) is 0 Å². The summed E-state index contributed by atoms with van der Waals surface area (Å²) in [6, 6.07) is 0. The summed E-state index contributed by atoms with van der Waals surface area (Å²) in [4.78, 5) is 17.6. The van der Waals surface area contributed by atoms with Gasteiger partial charge in [-0.2, -0.15) is 0 Å². The number of oxime groups is 1. The molecule has 0 spiro atoms. The molecule has 4 rings (SSSR count). The van der Waals surface area contributed by atoms with Crippen molar-refractivity contribution in [1.29, 1.82) is 0 Å². The van der Waals surface area contributed by atoms with Crippen molar-refractivity contribution >= 4 is 11.5 Å². The molecule has 4 aliphatic carbocycles. The Morgan fingerprint density at radius 3 is 2.50 bits per heavy atom. The van der Waals surface area contributed by atoms with Crippen molar-refractivity contribution in [2.24, 2.45) is 39.2 Å². The van der Waals surface area contributed by atoms with E-state index in [-0.39, 0.29) is 28.1 Å². The first-order valence-electron chi connectivity index (χ1n) is 10.8. The molecule has 3 fully saturated rings. The van der Waals surface area contributed by atoms with Crippen LogP contribution in [0.15, 0.2) is 16.8 Å². The van der Waals surface area contributed by atoms with Crippen LogP contribution in [-0.2, 0) is 9.63 Å². The van der Waals surface area contributed by atoms with Crippen LogP contribution >= 0.6 is 0 Å². The van der Waals surface area contributed by atoms with Crippen molar-refractivity contribution in [2.45, 2.75) is 78.4 Å². The number of carbonyl (C=O) groups excluding carboxylic acids is 1. The second-order valence-corrected chi connectivity index (χ2v) is 10.5. The number of aliphatic hydroxyl groups is 2. The molecular weight excluding hydrogens is 354 g/mol. The summed E-state index contributed by atoms with van der Waals surface area (Å²) in [6.45, 7) is 8.66. The van der Waals surface area contributed by atoms with Gasteiger partial charge in [-0.05, 0) is 73.7 Å². The number of carbonyl (C=O) groups is 1. The normalized spacial score (nSPS) is 51.8. The second-order valence-electron chi connectivity index (χ2n) is 10.5. The molecule has 156 valence electrons. The van der Waals surface area contributed by atoms with Gasteiger partial charge in [0.05, 0.1) is 17.9 Å². The van der Waals surface area contributed by atoms with Crippen LogP contribution in [0.25, 0.3) is 0 Å². The van der Waals surface area contributed by atoms with Gasteiger partial charge < -0.3 is 15.1 Å². The Morgan fingerprint density at radius 1 is 1.14 bits per heavy atom. The van der Waals surface area contributed by atoms with Crippen molar-refractivity contribution in [3.05, 3.63) is 11.6 Å². The Bertz CT molecular complexity index is 745. The van der Waals surface area contributed by atoms with E-state index in [4.69, 9.17) is 4.84 Å². The summed E-state index contributed by atoms with van der Waals surface area (Å²) < 4.78 is 0. The van der Waals surface area contributed by atoms with Gasteiger partial charge in [-0.25, -0.2) is 0 Å². The molecule has 28 heavy (non-hydrogen) atoms. The Labute approximate surface area is 168 Å². The van der Waals surface area contributed by atoms with Crippen LogP contribution < -0.4 is 0 Å². The minimum Gasteiger partial charge on any atom is -0.399 e. The molecule has 0 saturated heterocycles. The number of fused-ring (bicyclic) bond motifs is 5. The fourth-order valence-corrected chi connectivity index (χ4v) is 7.62. The van der Waals surface area contributed by atoms with Crippen LogP contribution in [-0.4, -0.2) is 41.0 Å². The fraction of sp³-hybridized carbons (Fsp3) is 0.826. The Hall–Kier alpha value is -1.20. The van der Waals surface area contributed by atoms with E-state index in [0.717, 1.165) is 31.4 Å². The molecule has 0 aliphatic heterocycles. The van der Waals surface area contributed by atoms with E-state index in [1.54, 1.807) is 14.0 Å². The fourth-order valence-electron chi connectivity index (χ4n) is 7.62. The van der Waals surface area contributed by atoms with Crippen LogP contribution in [0.2, 0.25) is 0 Å². The lowest BCUT2D eigenvalue weighted by atomic mass is 9.43. The zero-order valence-corrected chi connectivity index (χ0v) is 17.9. The Morgan fingerprint density at radius 2 is 1.86 bits per heavy atom. The van der Waals surface area contributed by atoms with Crippen molar-refractivity contribution in [2.75, 3.05) is 7.11 Å². The molecule has 5 heteroatoms. The molecule has 0 aromatic heterocycles. The first-order chi connectivity index (χ1) is 13.1. The van der Waals surface area contributed by atoms with Crippen molar-refractivity contribution in [3.63, 3.8) is 0 Å². The maximum atomic E-state index is 12.4.